The summed E-state index contributed by atoms with van der Waals surface area (Å²) < 4.78 is 0. The van der Waals surface area contributed by atoms with Crippen molar-refractivity contribution in [3.63, 3.8) is 0 Å². The summed E-state index contributed by atoms with van der Waals surface area (Å²) in [7, 11) is 0. The van der Waals surface area contributed by atoms with E-state index in [-0.39, 0.29) is 24.0 Å². The van der Waals surface area contributed by atoms with Gasteiger partial charge in [0.15, 0.2) is 0 Å². The zero-order valence-corrected chi connectivity index (χ0v) is 19.7. The van der Waals surface area contributed by atoms with Crippen molar-refractivity contribution in [3.8, 4) is 5.75 Å². The molecular formula is C28H29ClN2O3. The van der Waals surface area contributed by atoms with Crippen molar-refractivity contribution >= 4 is 23.4 Å². The van der Waals surface area contributed by atoms with Crippen LogP contribution in [0.1, 0.15) is 42.0 Å². The molecule has 6 heteroatoms. The van der Waals surface area contributed by atoms with Crippen molar-refractivity contribution in [2.45, 2.75) is 38.3 Å². The normalized spacial score (nSPS) is 13.8. The molecule has 176 valence electrons. The van der Waals surface area contributed by atoms with E-state index in [1.165, 1.54) is 0 Å². The van der Waals surface area contributed by atoms with Gasteiger partial charge in [0, 0.05) is 24.5 Å². The molecule has 0 spiro atoms. The molecule has 5 nitrogen and oxygen atoms in total. The highest BCUT2D eigenvalue weighted by Gasteiger charge is 2.35. The predicted octanol–water partition coefficient (Wildman–Crippen LogP) is 5.27. The summed E-state index contributed by atoms with van der Waals surface area (Å²) >= 11 is 6.10. The molecule has 0 bridgehead atoms. The minimum absolute atomic E-state index is 0.0604. The average molecular weight is 477 g/mol. The van der Waals surface area contributed by atoms with Gasteiger partial charge in [-0.2, -0.15) is 0 Å². The summed E-state index contributed by atoms with van der Waals surface area (Å²) in [5.74, 6) is 0.359. The molecule has 1 aliphatic carbocycles. The number of aryl methyl sites for hydroxylation is 1. The Labute approximate surface area is 205 Å². The smallest absolute Gasteiger partial charge is 0.247 e. The maximum Gasteiger partial charge on any atom is 0.247 e. The summed E-state index contributed by atoms with van der Waals surface area (Å²) in [6, 6.07) is 23.0. The number of hydrogen-bond donors (Lipinski definition) is 2. The molecule has 3 aromatic carbocycles. The Hall–Kier alpha value is -3.31. The molecule has 34 heavy (non-hydrogen) atoms. The van der Waals surface area contributed by atoms with Gasteiger partial charge in [0.2, 0.25) is 11.8 Å². The van der Waals surface area contributed by atoms with Crippen LogP contribution >= 0.6 is 11.6 Å². The van der Waals surface area contributed by atoms with E-state index >= 15 is 0 Å². The Balaban J connectivity index is 1.55. The Morgan fingerprint density at radius 3 is 2.26 bits per heavy atom. The largest absolute Gasteiger partial charge is 0.508 e. The van der Waals surface area contributed by atoms with Crippen LogP contribution in [0.4, 0.5) is 0 Å². The van der Waals surface area contributed by atoms with Crippen LogP contribution in [0.25, 0.3) is 0 Å². The SMILES string of the molecule is O=C(NCc1ccccc1)C(c1ccc(Cl)cc1)N(CC1CC1)C(=O)CCc1ccc(O)cc1. The first-order valence-electron chi connectivity index (χ1n) is 11.6. The van der Waals surface area contributed by atoms with Crippen LogP contribution in [-0.4, -0.2) is 28.4 Å². The van der Waals surface area contributed by atoms with Crippen molar-refractivity contribution in [1.82, 2.24) is 10.2 Å². The lowest BCUT2D eigenvalue weighted by atomic mass is 10.0. The zero-order chi connectivity index (χ0) is 23.9. The van der Waals surface area contributed by atoms with E-state index in [2.05, 4.69) is 5.32 Å². The Kier molecular flexibility index (Phi) is 7.86. The third-order valence-corrected chi connectivity index (χ3v) is 6.34. The number of amides is 2. The van der Waals surface area contributed by atoms with Crippen LogP contribution in [0.5, 0.6) is 5.75 Å². The summed E-state index contributed by atoms with van der Waals surface area (Å²) in [4.78, 5) is 28.7. The highest BCUT2D eigenvalue weighted by molar-refractivity contribution is 6.30. The molecule has 0 radical (unpaired) electrons. The van der Waals surface area contributed by atoms with Crippen LogP contribution in [-0.2, 0) is 22.6 Å². The van der Waals surface area contributed by atoms with Gasteiger partial charge < -0.3 is 15.3 Å². The van der Waals surface area contributed by atoms with Gasteiger partial charge in [0.25, 0.3) is 0 Å². The molecule has 0 saturated heterocycles. The Morgan fingerprint density at radius 1 is 0.941 bits per heavy atom. The van der Waals surface area contributed by atoms with Crippen LogP contribution < -0.4 is 5.32 Å². The highest BCUT2D eigenvalue weighted by atomic mass is 35.5. The van der Waals surface area contributed by atoms with E-state index in [4.69, 9.17) is 11.6 Å². The fourth-order valence-electron chi connectivity index (χ4n) is 3.99. The first-order chi connectivity index (χ1) is 16.5. The van der Waals surface area contributed by atoms with Gasteiger partial charge in [-0.3, -0.25) is 9.59 Å². The minimum atomic E-state index is -0.728. The second kappa shape index (κ2) is 11.2. The zero-order valence-electron chi connectivity index (χ0n) is 19.0. The number of halogens is 1. The lowest BCUT2D eigenvalue weighted by Crippen LogP contribution is -2.44. The van der Waals surface area contributed by atoms with Crippen molar-refractivity contribution in [2.24, 2.45) is 5.92 Å². The van der Waals surface area contributed by atoms with Crippen LogP contribution in [0.15, 0.2) is 78.9 Å². The molecule has 0 aliphatic heterocycles. The average Bonchev–Trinajstić information content (AvgIpc) is 3.68. The van der Waals surface area contributed by atoms with Gasteiger partial charge >= 0.3 is 0 Å². The summed E-state index contributed by atoms with van der Waals surface area (Å²) in [6.07, 6.45) is 2.97. The molecule has 4 rings (SSSR count). The van der Waals surface area contributed by atoms with E-state index in [0.717, 1.165) is 29.5 Å². The molecule has 1 atom stereocenters. The van der Waals surface area contributed by atoms with E-state index in [9.17, 15) is 14.7 Å². The lowest BCUT2D eigenvalue weighted by molar-refractivity contribution is -0.141. The molecule has 1 fully saturated rings. The number of phenolic OH excluding ortho intramolecular Hbond substituents is 1. The fraction of sp³-hybridized carbons (Fsp3) is 0.286. The van der Waals surface area contributed by atoms with Gasteiger partial charge in [-0.15, -0.1) is 0 Å². The summed E-state index contributed by atoms with van der Waals surface area (Å²) in [6.45, 7) is 0.948. The first kappa shape index (κ1) is 23.8. The standard InChI is InChI=1S/C28H29ClN2O3/c29-24-13-11-23(12-14-24)27(28(34)30-18-21-4-2-1-3-5-21)31(19-22-6-7-22)26(33)17-10-20-8-15-25(32)16-9-20/h1-5,8-9,11-16,22,27,32H,6-7,10,17-19H2,(H,30,34). The van der Waals surface area contributed by atoms with E-state index in [1.807, 2.05) is 54.6 Å². The van der Waals surface area contributed by atoms with Gasteiger partial charge in [-0.05, 0) is 66.1 Å². The molecule has 1 unspecified atom stereocenters. The molecule has 0 heterocycles. The van der Waals surface area contributed by atoms with E-state index in [1.54, 1.807) is 29.2 Å². The number of benzene rings is 3. The lowest BCUT2D eigenvalue weighted by Gasteiger charge is -2.32. The fourth-order valence-corrected chi connectivity index (χ4v) is 4.11. The number of nitrogens with zero attached hydrogens (tertiary/aromatic N) is 1. The van der Waals surface area contributed by atoms with Crippen molar-refractivity contribution in [1.29, 1.82) is 0 Å². The number of carbonyl (C=O) groups excluding carboxylic acids is 2. The van der Waals surface area contributed by atoms with Crippen molar-refractivity contribution < 1.29 is 14.7 Å². The van der Waals surface area contributed by atoms with Crippen LogP contribution in [0.3, 0.4) is 0 Å². The maximum absolute atomic E-state index is 13.5. The molecule has 1 aliphatic rings. The quantitative estimate of drug-likeness (QED) is 0.418. The monoisotopic (exact) mass is 476 g/mol. The van der Waals surface area contributed by atoms with Crippen LogP contribution in [0, 0.1) is 5.92 Å². The third-order valence-electron chi connectivity index (χ3n) is 6.09. The Morgan fingerprint density at radius 2 is 1.62 bits per heavy atom. The molecule has 2 N–H and O–H groups in total. The molecule has 1 saturated carbocycles. The number of carbonyl (C=O) groups is 2. The predicted molar refractivity (Wildman–Crippen MR) is 133 cm³/mol. The number of phenols is 1. The van der Waals surface area contributed by atoms with Crippen LogP contribution in [0.2, 0.25) is 5.02 Å². The van der Waals surface area contributed by atoms with E-state index in [0.29, 0.717) is 30.5 Å². The number of nitrogens with one attached hydrogen (secondary N) is 1. The number of aromatic hydroxyl groups is 1. The second-order valence-electron chi connectivity index (χ2n) is 8.81. The van der Waals surface area contributed by atoms with E-state index < -0.39 is 6.04 Å². The van der Waals surface area contributed by atoms with Gasteiger partial charge in [0.05, 0.1) is 0 Å². The molecule has 0 aromatic heterocycles. The Bertz CT molecular complexity index is 1100. The van der Waals surface area contributed by atoms with Gasteiger partial charge in [-0.1, -0.05) is 66.2 Å². The first-order valence-corrected chi connectivity index (χ1v) is 12.0. The summed E-state index contributed by atoms with van der Waals surface area (Å²) in [5.41, 5.74) is 2.71. The summed E-state index contributed by atoms with van der Waals surface area (Å²) in [5, 5.41) is 13.1. The van der Waals surface area contributed by atoms with Crippen molar-refractivity contribution in [2.75, 3.05) is 6.54 Å². The van der Waals surface area contributed by atoms with Crippen molar-refractivity contribution in [3.05, 3.63) is 101 Å². The minimum Gasteiger partial charge on any atom is -0.508 e. The molecular weight excluding hydrogens is 448 g/mol. The molecule has 3 aromatic rings. The third kappa shape index (κ3) is 6.61. The van der Waals surface area contributed by atoms with Gasteiger partial charge in [-0.25, -0.2) is 0 Å². The van der Waals surface area contributed by atoms with Gasteiger partial charge in [0.1, 0.15) is 11.8 Å². The highest BCUT2D eigenvalue weighted by Crippen LogP contribution is 2.34. The second-order valence-corrected chi connectivity index (χ2v) is 9.25. The number of rotatable bonds is 10. The molecule has 2 amide bonds. The maximum atomic E-state index is 13.5. The topological polar surface area (TPSA) is 69.6 Å². The number of hydrogen-bond acceptors (Lipinski definition) is 3.